The van der Waals surface area contributed by atoms with E-state index < -0.39 is 10.7 Å². The lowest BCUT2D eigenvalue weighted by Gasteiger charge is -2.39. The van der Waals surface area contributed by atoms with Crippen LogP contribution < -0.4 is 4.90 Å². The molecular formula is C13H16FIN2O3. The molecule has 0 amide bonds. The molecule has 7 heteroatoms. The van der Waals surface area contributed by atoms with Crippen LogP contribution >= 0.6 is 22.6 Å². The van der Waals surface area contributed by atoms with Gasteiger partial charge in [-0.25, -0.2) is 4.39 Å². The summed E-state index contributed by atoms with van der Waals surface area (Å²) < 4.78 is 14.0. The minimum Gasteiger partial charge on any atom is -0.396 e. The van der Waals surface area contributed by atoms with Crippen LogP contribution in [0.3, 0.4) is 0 Å². The Hall–Kier alpha value is -0.960. The van der Waals surface area contributed by atoms with E-state index >= 15 is 0 Å². The number of aliphatic hydroxyl groups excluding tert-OH is 1. The highest BCUT2D eigenvalue weighted by Crippen LogP contribution is 2.37. The number of hydrogen-bond donors (Lipinski definition) is 1. The molecule has 0 spiro atoms. The average Bonchev–Trinajstić information content (AvgIpc) is 2.34. The molecule has 5 nitrogen and oxygen atoms in total. The Morgan fingerprint density at radius 3 is 2.70 bits per heavy atom. The predicted octanol–water partition coefficient (Wildman–Crippen LogP) is 3.08. The summed E-state index contributed by atoms with van der Waals surface area (Å²) in [4.78, 5) is 12.6. The zero-order valence-corrected chi connectivity index (χ0v) is 13.0. The third-order valence-corrected chi connectivity index (χ3v) is 4.42. The van der Waals surface area contributed by atoms with Crippen LogP contribution in [0.15, 0.2) is 12.1 Å². The van der Waals surface area contributed by atoms with Gasteiger partial charge in [-0.15, -0.1) is 0 Å². The molecule has 1 aliphatic carbocycles. The summed E-state index contributed by atoms with van der Waals surface area (Å²) in [5.74, 6) is -0.445. The largest absolute Gasteiger partial charge is 0.396 e. The molecule has 2 rings (SSSR count). The van der Waals surface area contributed by atoms with Gasteiger partial charge in [-0.3, -0.25) is 10.1 Å². The Morgan fingerprint density at radius 2 is 2.20 bits per heavy atom. The fourth-order valence-electron chi connectivity index (χ4n) is 2.34. The van der Waals surface area contributed by atoms with Gasteiger partial charge in [0.2, 0.25) is 0 Å². The first-order chi connectivity index (χ1) is 9.54. The van der Waals surface area contributed by atoms with Gasteiger partial charge in [0, 0.05) is 31.3 Å². The topological polar surface area (TPSA) is 66.6 Å². The number of rotatable bonds is 6. The molecule has 20 heavy (non-hydrogen) atoms. The van der Waals surface area contributed by atoms with Gasteiger partial charge in [-0.05, 0) is 48.3 Å². The average molecular weight is 394 g/mol. The zero-order chi connectivity index (χ0) is 14.7. The summed E-state index contributed by atoms with van der Waals surface area (Å²) in [6.07, 6.45) is 3.51. The van der Waals surface area contributed by atoms with Crippen molar-refractivity contribution in [1.29, 1.82) is 0 Å². The smallest absolute Gasteiger partial charge is 0.293 e. The summed E-state index contributed by atoms with van der Waals surface area (Å²) in [5, 5.41) is 20.2. The molecule has 1 fully saturated rings. The first kappa shape index (κ1) is 15.4. The Bertz CT molecular complexity index is 509. The lowest BCUT2D eigenvalue weighted by molar-refractivity contribution is -0.384. The second-order valence-electron chi connectivity index (χ2n) is 4.87. The van der Waals surface area contributed by atoms with E-state index in [2.05, 4.69) is 0 Å². The van der Waals surface area contributed by atoms with Crippen LogP contribution in [0.4, 0.5) is 15.8 Å². The van der Waals surface area contributed by atoms with Crippen molar-refractivity contribution in [3.8, 4) is 0 Å². The molecule has 1 aromatic carbocycles. The Labute approximate surface area is 130 Å². The Balaban J connectivity index is 2.39. The van der Waals surface area contributed by atoms with Crippen molar-refractivity contribution in [3.63, 3.8) is 0 Å². The molecule has 1 aliphatic rings. The molecule has 0 saturated heterocycles. The van der Waals surface area contributed by atoms with Crippen molar-refractivity contribution in [2.45, 2.75) is 31.7 Å². The van der Waals surface area contributed by atoms with Crippen LogP contribution in [0.1, 0.15) is 25.7 Å². The quantitative estimate of drug-likeness (QED) is 0.458. The summed E-state index contributed by atoms with van der Waals surface area (Å²) in [6.45, 7) is 0.520. The van der Waals surface area contributed by atoms with E-state index in [-0.39, 0.29) is 21.9 Å². The maximum absolute atomic E-state index is 13.8. The number of anilines is 1. The standard InChI is InChI=1S/C13H16FIN2O3/c14-10-7-12(13(17(19)20)8-11(10)15)16(5-2-6-18)9-3-1-4-9/h7-9,18H,1-6H2. The van der Waals surface area contributed by atoms with Crippen molar-refractivity contribution in [2.75, 3.05) is 18.1 Å². The molecule has 0 bridgehead atoms. The maximum atomic E-state index is 13.8. The Kier molecular flexibility index (Phi) is 5.14. The molecule has 1 N–H and O–H groups in total. The van der Waals surface area contributed by atoms with Crippen molar-refractivity contribution in [1.82, 2.24) is 0 Å². The minimum absolute atomic E-state index is 0.0177. The second kappa shape index (κ2) is 6.66. The van der Waals surface area contributed by atoms with E-state index in [0.717, 1.165) is 19.3 Å². The minimum atomic E-state index is -0.471. The monoisotopic (exact) mass is 394 g/mol. The number of benzene rings is 1. The molecule has 0 heterocycles. The van der Waals surface area contributed by atoms with Gasteiger partial charge < -0.3 is 10.0 Å². The lowest BCUT2D eigenvalue weighted by atomic mass is 9.90. The third-order valence-electron chi connectivity index (χ3n) is 3.60. The van der Waals surface area contributed by atoms with Gasteiger partial charge in [0.25, 0.3) is 5.69 Å². The number of hydrogen-bond acceptors (Lipinski definition) is 4. The number of nitro benzene ring substituents is 1. The number of halogens is 2. The highest BCUT2D eigenvalue weighted by molar-refractivity contribution is 14.1. The van der Waals surface area contributed by atoms with Crippen LogP contribution in [0, 0.1) is 19.5 Å². The van der Waals surface area contributed by atoms with Crippen molar-refractivity contribution in [2.24, 2.45) is 0 Å². The lowest BCUT2D eigenvalue weighted by Crippen LogP contribution is -2.41. The van der Waals surface area contributed by atoms with Gasteiger partial charge in [0.15, 0.2) is 0 Å². The molecular weight excluding hydrogens is 378 g/mol. The first-order valence-corrected chi connectivity index (χ1v) is 7.63. The molecule has 0 aromatic heterocycles. The molecule has 110 valence electrons. The summed E-state index contributed by atoms with van der Waals surface area (Å²) in [7, 11) is 0. The summed E-state index contributed by atoms with van der Waals surface area (Å²) in [5.41, 5.74) is 0.256. The highest BCUT2D eigenvalue weighted by atomic mass is 127. The first-order valence-electron chi connectivity index (χ1n) is 6.55. The third kappa shape index (κ3) is 3.20. The van der Waals surface area contributed by atoms with E-state index in [1.807, 2.05) is 4.90 Å². The predicted molar refractivity (Wildman–Crippen MR) is 82.5 cm³/mol. The maximum Gasteiger partial charge on any atom is 0.293 e. The normalized spacial score (nSPS) is 14.9. The van der Waals surface area contributed by atoms with Crippen molar-refractivity contribution in [3.05, 3.63) is 31.6 Å². The number of aliphatic hydroxyl groups is 1. The molecule has 0 radical (unpaired) electrons. The van der Waals surface area contributed by atoms with Crippen LogP contribution in [0.25, 0.3) is 0 Å². The van der Waals surface area contributed by atoms with Crippen LogP contribution in [0.2, 0.25) is 0 Å². The van der Waals surface area contributed by atoms with Crippen LogP contribution in [0.5, 0.6) is 0 Å². The van der Waals surface area contributed by atoms with E-state index in [1.54, 1.807) is 22.6 Å². The van der Waals surface area contributed by atoms with Gasteiger partial charge >= 0.3 is 0 Å². The van der Waals surface area contributed by atoms with Crippen LogP contribution in [-0.2, 0) is 0 Å². The molecule has 1 saturated carbocycles. The fourth-order valence-corrected chi connectivity index (χ4v) is 2.79. The highest BCUT2D eigenvalue weighted by Gasteiger charge is 2.30. The van der Waals surface area contributed by atoms with Gasteiger partial charge in [-0.1, -0.05) is 0 Å². The molecule has 0 aliphatic heterocycles. The second-order valence-corrected chi connectivity index (χ2v) is 6.03. The molecule has 1 aromatic rings. The van der Waals surface area contributed by atoms with Gasteiger partial charge in [0.1, 0.15) is 11.5 Å². The summed E-state index contributed by atoms with van der Waals surface area (Å²) >= 11 is 1.75. The molecule has 0 atom stereocenters. The zero-order valence-electron chi connectivity index (χ0n) is 10.9. The summed E-state index contributed by atoms with van der Waals surface area (Å²) in [6, 6.07) is 2.73. The van der Waals surface area contributed by atoms with Crippen molar-refractivity contribution >= 4 is 34.0 Å². The molecule has 0 unspecified atom stereocenters. The number of nitrogens with zero attached hydrogens (tertiary/aromatic N) is 2. The Morgan fingerprint density at radius 1 is 1.50 bits per heavy atom. The number of nitro groups is 1. The van der Waals surface area contributed by atoms with Gasteiger partial charge in [-0.2, -0.15) is 0 Å². The SMILES string of the molecule is O=[N+]([O-])c1cc(I)c(F)cc1N(CCCO)C1CCC1. The van der Waals surface area contributed by atoms with Crippen LogP contribution in [-0.4, -0.2) is 29.2 Å². The van der Waals surface area contributed by atoms with E-state index in [1.165, 1.54) is 12.1 Å². The van der Waals surface area contributed by atoms with E-state index in [0.29, 0.717) is 18.7 Å². The van der Waals surface area contributed by atoms with Gasteiger partial charge in [0.05, 0.1) is 8.49 Å². The van der Waals surface area contributed by atoms with E-state index in [9.17, 15) is 14.5 Å². The fraction of sp³-hybridized carbons (Fsp3) is 0.538. The van der Waals surface area contributed by atoms with E-state index in [4.69, 9.17) is 5.11 Å². The van der Waals surface area contributed by atoms with Crippen molar-refractivity contribution < 1.29 is 14.4 Å².